The van der Waals surface area contributed by atoms with Gasteiger partial charge in [-0.1, -0.05) is 0 Å². The number of aliphatic hydroxyl groups excluding tert-OH is 1. The minimum Gasteiger partial charge on any atom is -0.383 e. The first-order valence-electron chi connectivity index (χ1n) is 4.81. The van der Waals surface area contributed by atoms with Gasteiger partial charge in [0.25, 0.3) is 0 Å². The number of nitrogens with zero attached hydrogens (tertiary/aromatic N) is 1. The van der Waals surface area contributed by atoms with Crippen LogP contribution < -0.4 is 0 Å². The second kappa shape index (κ2) is 4.89. The summed E-state index contributed by atoms with van der Waals surface area (Å²) in [5.74, 6) is -1.25. The van der Waals surface area contributed by atoms with Gasteiger partial charge in [-0.15, -0.1) is 0 Å². The van der Waals surface area contributed by atoms with E-state index >= 15 is 0 Å². The van der Waals surface area contributed by atoms with Gasteiger partial charge in [0.05, 0.1) is 0 Å². The Bertz CT molecular complexity index is 548. The maximum atomic E-state index is 13.4. The van der Waals surface area contributed by atoms with Crippen molar-refractivity contribution in [2.75, 3.05) is 0 Å². The zero-order chi connectivity index (χ0) is 12.4. The Morgan fingerprint density at radius 1 is 1.18 bits per heavy atom. The molecule has 0 fully saturated rings. The Balaban J connectivity index is 2.43. The van der Waals surface area contributed by atoms with Crippen molar-refractivity contribution in [3.05, 3.63) is 63.9 Å². The van der Waals surface area contributed by atoms with Crippen LogP contribution in [0.4, 0.5) is 8.78 Å². The summed E-state index contributed by atoms with van der Waals surface area (Å²) in [4.78, 5) is 3.86. The highest BCUT2D eigenvalue weighted by Gasteiger charge is 2.16. The lowest BCUT2D eigenvalue weighted by Crippen LogP contribution is -2.03. The fourth-order valence-electron chi connectivity index (χ4n) is 1.48. The fraction of sp³-hybridized carbons (Fsp3) is 0.0833. The Morgan fingerprint density at radius 3 is 2.65 bits per heavy atom. The smallest absolute Gasteiger partial charge is 0.129 e. The molecule has 0 aliphatic rings. The van der Waals surface area contributed by atoms with Gasteiger partial charge >= 0.3 is 0 Å². The van der Waals surface area contributed by atoms with Crippen LogP contribution in [0.25, 0.3) is 0 Å². The third-order valence-corrected chi connectivity index (χ3v) is 2.73. The van der Waals surface area contributed by atoms with Crippen LogP contribution in [-0.2, 0) is 0 Å². The Morgan fingerprint density at radius 2 is 1.94 bits per heavy atom. The van der Waals surface area contributed by atoms with Crippen LogP contribution in [0.15, 0.2) is 41.1 Å². The highest BCUT2D eigenvalue weighted by atomic mass is 79.9. The molecule has 2 nitrogen and oxygen atoms in total. The first kappa shape index (κ1) is 12.1. The molecule has 0 radical (unpaired) electrons. The number of pyridine rings is 1. The van der Waals surface area contributed by atoms with Gasteiger partial charge in [0.1, 0.15) is 17.7 Å². The molecule has 1 aromatic heterocycles. The number of aliphatic hydroxyl groups is 1. The normalized spacial score (nSPS) is 12.5. The molecule has 2 aromatic rings. The predicted octanol–water partition coefficient (Wildman–Crippen LogP) is 3.20. The molecule has 0 bridgehead atoms. The summed E-state index contributed by atoms with van der Waals surface area (Å²) in [6, 6.07) is 4.56. The predicted molar refractivity (Wildman–Crippen MR) is 62.4 cm³/mol. The molecule has 0 amide bonds. The molecular formula is C12H8BrF2NO. The highest BCUT2D eigenvalue weighted by Crippen LogP contribution is 2.26. The van der Waals surface area contributed by atoms with Crippen LogP contribution in [0, 0.1) is 11.6 Å². The van der Waals surface area contributed by atoms with E-state index in [0.717, 1.165) is 18.2 Å². The minimum atomic E-state index is -1.24. The molecule has 1 atom stereocenters. The summed E-state index contributed by atoms with van der Waals surface area (Å²) in [7, 11) is 0. The number of halogens is 3. The van der Waals surface area contributed by atoms with E-state index in [1.807, 2.05) is 0 Å². The number of hydrogen-bond donors (Lipinski definition) is 1. The summed E-state index contributed by atoms with van der Waals surface area (Å²) in [5, 5.41) is 9.95. The summed E-state index contributed by atoms with van der Waals surface area (Å²) in [6.45, 7) is 0. The number of hydrogen-bond acceptors (Lipinski definition) is 2. The third-order valence-electron chi connectivity index (χ3n) is 2.29. The summed E-state index contributed by atoms with van der Waals surface area (Å²) in [5.41, 5.74) is 0.286. The lowest BCUT2D eigenvalue weighted by Gasteiger charge is -2.12. The van der Waals surface area contributed by atoms with Gasteiger partial charge in [0.15, 0.2) is 0 Å². The Labute approximate surface area is 105 Å². The molecule has 1 N–H and O–H groups in total. The number of rotatable bonds is 2. The van der Waals surface area contributed by atoms with Crippen LogP contribution in [0.5, 0.6) is 0 Å². The molecule has 5 heteroatoms. The number of benzene rings is 1. The number of aromatic nitrogens is 1. The molecule has 1 aromatic carbocycles. The van der Waals surface area contributed by atoms with Crippen LogP contribution in [0.1, 0.15) is 17.2 Å². The van der Waals surface area contributed by atoms with E-state index in [1.165, 1.54) is 12.4 Å². The fourth-order valence-corrected chi connectivity index (χ4v) is 1.86. The van der Waals surface area contributed by atoms with Gasteiger partial charge in [-0.3, -0.25) is 4.98 Å². The van der Waals surface area contributed by atoms with Crippen molar-refractivity contribution < 1.29 is 13.9 Å². The van der Waals surface area contributed by atoms with E-state index in [0.29, 0.717) is 10.0 Å². The van der Waals surface area contributed by atoms with Crippen LogP contribution in [0.3, 0.4) is 0 Å². The highest BCUT2D eigenvalue weighted by molar-refractivity contribution is 9.10. The molecule has 0 aliphatic carbocycles. The van der Waals surface area contributed by atoms with Crippen LogP contribution >= 0.6 is 15.9 Å². The second-order valence-electron chi connectivity index (χ2n) is 3.50. The zero-order valence-corrected chi connectivity index (χ0v) is 10.2. The largest absolute Gasteiger partial charge is 0.383 e. The summed E-state index contributed by atoms with van der Waals surface area (Å²) >= 11 is 3.19. The topological polar surface area (TPSA) is 33.1 Å². The molecule has 1 heterocycles. The van der Waals surface area contributed by atoms with Crippen molar-refractivity contribution in [3.63, 3.8) is 0 Å². The van der Waals surface area contributed by atoms with E-state index in [2.05, 4.69) is 20.9 Å². The summed E-state index contributed by atoms with van der Waals surface area (Å²) < 4.78 is 27.1. The first-order valence-corrected chi connectivity index (χ1v) is 5.60. The standard InChI is InChI=1S/C12H8BrF2NO/c13-8-3-7(5-16-6-8)12(17)10-4-9(14)1-2-11(10)15/h1-6,12,17H. The Kier molecular flexibility index (Phi) is 3.49. The van der Waals surface area contributed by atoms with E-state index in [1.54, 1.807) is 6.07 Å². The van der Waals surface area contributed by atoms with Gasteiger partial charge in [-0.2, -0.15) is 0 Å². The maximum absolute atomic E-state index is 13.4. The lowest BCUT2D eigenvalue weighted by molar-refractivity contribution is 0.214. The van der Waals surface area contributed by atoms with Crippen LogP contribution in [-0.4, -0.2) is 10.1 Å². The van der Waals surface area contributed by atoms with Crippen molar-refractivity contribution >= 4 is 15.9 Å². The third kappa shape index (κ3) is 2.68. The monoisotopic (exact) mass is 299 g/mol. The van der Waals surface area contributed by atoms with Crippen molar-refractivity contribution in [2.45, 2.75) is 6.10 Å². The molecule has 2 rings (SSSR count). The Hall–Kier alpha value is -1.33. The van der Waals surface area contributed by atoms with Gasteiger partial charge in [0, 0.05) is 28.0 Å². The molecule has 1 unspecified atom stereocenters. The van der Waals surface area contributed by atoms with Crippen molar-refractivity contribution in [1.82, 2.24) is 4.98 Å². The molecule has 0 aliphatic heterocycles. The molecule has 0 spiro atoms. The average Bonchev–Trinajstić information content (AvgIpc) is 2.31. The lowest BCUT2D eigenvalue weighted by atomic mass is 10.0. The second-order valence-corrected chi connectivity index (χ2v) is 4.42. The molecule has 88 valence electrons. The van der Waals surface area contributed by atoms with Crippen molar-refractivity contribution in [3.8, 4) is 0 Å². The van der Waals surface area contributed by atoms with Gasteiger partial charge in [-0.05, 0) is 40.2 Å². The van der Waals surface area contributed by atoms with Gasteiger partial charge in [-0.25, -0.2) is 8.78 Å². The van der Waals surface area contributed by atoms with Crippen molar-refractivity contribution in [1.29, 1.82) is 0 Å². The van der Waals surface area contributed by atoms with Crippen LogP contribution in [0.2, 0.25) is 0 Å². The van der Waals surface area contributed by atoms with Gasteiger partial charge < -0.3 is 5.11 Å². The van der Waals surface area contributed by atoms with E-state index in [9.17, 15) is 13.9 Å². The molecule has 0 saturated carbocycles. The van der Waals surface area contributed by atoms with E-state index < -0.39 is 17.7 Å². The first-order chi connectivity index (χ1) is 8.08. The zero-order valence-electron chi connectivity index (χ0n) is 8.57. The minimum absolute atomic E-state index is 0.107. The van der Waals surface area contributed by atoms with E-state index in [-0.39, 0.29) is 5.56 Å². The van der Waals surface area contributed by atoms with Gasteiger partial charge in [0.2, 0.25) is 0 Å². The van der Waals surface area contributed by atoms with E-state index in [4.69, 9.17) is 0 Å². The molecule has 17 heavy (non-hydrogen) atoms. The maximum Gasteiger partial charge on any atom is 0.129 e. The van der Waals surface area contributed by atoms with Crippen molar-refractivity contribution in [2.24, 2.45) is 0 Å². The SMILES string of the molecule is OC(c1cncc(Br)c1)c1cc(F)ccc1F. The summed E-state index contributed by atoms with van der Waals surface area (Å²) in [6.07, 6.45) is 1.70. The molecule has 0 saturated heterocycles. The quantitative estimate of drug-likeness (QED) is 0.924. The molecular weight excluding hydrogens is 292 g/mol. The average molecular weight is 300 g/mol.